The number of hydrogen-bond donors (Lipinski definition) is 2. The van der Waals surface area contributed by atoms with Gasteiger partial charge in [-0.05, 0) is 26.0 Å². The highest BCUT2D eigenvalue weighted by atomic mass is 15.2. The Morgan fingerprint density at radius 3 is 2.44 bits per heavy atom. The smallest absolute Gasteiger partial charge is 0.150 e. The lowest BCUT2D eigenvalue weighted by atomic mass is 10.3. The predicted octanol–water partition coefficient (Wildman–Crippen LogP) is 2.69. The van der Waals surface area contributed by atoms with Gasteiger partial charge in [0.2, 0.25) is 0 Å². The van der Waals surface area contributed by atoms with Gasteiger partial charge in [-0.1, -0.05) is 18.7 Å². The second-order valence-corrected chi connectivity index (χ2v) is 3.40. The molecule has 18 heavy (non-hydrogen) atoms. The van der Waals surface area contributed by atoms with E-state index in [0.717, 1.165) is 5.70 Å². The van der Waals surface area contributed by atoms with Crippen molar-refractivity contribution in [3.05, 3.63) is 48.1 Å². The van der Waals surface area contributed by atoms with Crippen LogP contribution < -0.4 is 5.32 Å². The van der Waals surface area contributed by atoms with Crippen LogP contribution in [-0.2, 0) is 0 Å². The number of allylic oxidation sites excluding steroid dienone is 5. The molecule has 0 aliphatic rings. The van der Waals surface area contributed by atoms with E-state index in [1.165, 1.54) is 6.21 Å². The fraction of sp³-hybridized carbons (Fsp3) is 0.286. The van der Waals surface area contributed by atoms with E-state index in [9.17, 15) is 0 Å². The first-order chi connectivity index (χ1) is 8.65. The van der Waals surface area contributed by atoms with Crippen LogP contribution in [0.5, 0.6) is 0 Å². The second-order valence-electron chi connectivity index (χ2n) is 3.40. The highest BCUT2D eigenvalue weighted by molar-refractivity contribution is 5.77. The van der Waals surface area contributed by atoms with Crippen LogP contribution in [0.3, 0.4) is 0 Å². The SMILES string of the molecule is C=C/C(=C\C=C/C)N(C)/C(C=N)=C(/N=C\C)NC. The van der Waals surface area contributed by atoms with Crippen molar-refractivity contribution in [2.75, 3.05) is 14.1 Å². The summed E-state index contributed by atoms with van der Waals surface area (Å²) in [5, 5.41) is 10.5. The van der Waals surface area contributed by atoms with Crippen LogP contribution in [0.15, 0.2) is 53.1 Å². The molecule has 0 aliphatic heterocycles. The number of aliphatic imine (C=N–C) groups is 1. The zero-order valence-corrected chi connectivity index (χ0v) is 11.6. The molecule has 0 radical (unpaired) electrons. The maximum absolute atomic E-state index is 7.53. The Hall–Kier alpha value is -2.10. The third-order valence-electron chi connectivity index (χ3n) is 2.29. The lowest BCUT2D eigenvalue weighted by molar-refractivity contribution is 0.552. The predicted molar refractivity (Wildman–Crippen MR) is 79.9 cm³/mol. The minimum Gasteiger partial charge on any atom is -0.371 e. The quantitative estimate of drug-likeness (QED) is 0.536. The van der Waals surface area contributed by atoms with Gasteiger partial charge in [-0.15, -0.1) is 0 Å². The highest BCUT2D eigenvalue weighted by Crippen LogP contribution is 2.13. The van der Waals surface area contributed by atoms with Gasteiger partial charge in [-0.25, -0.2) is 4.99 Å². The van der Waals surface area contributed by atoms with Crippen molar-refractivity contribution in [3.63, 3.8) is 0 Å². The first-order valence-electron chi connectivity index (χ1n) is 5.76. The minimum atomic E-state index is 0.642. The molecule has 0 aromatic heterocycles. The summed E-state index contributed by atoms with van der Waals surface area (Å²) in [7, 11) is 3.66. The van der Waals surface area contributed by atoms with Crippen molar-refractivity contribution < 1.29 is 0 Å². The summed E-state index contributed by atoms with van der Waals surface area (Å²) < 4.78 is 0. The molecule has 0 aliphatic carbocycles. The van der Waals surface area contributed by atoms with Crippen molar-refractivity contribution in [1.82, 2.24) is 10.2 Å². The third-order valence-corrected chi connectivity index (χ3v) is 2.29. The number of rotatable bonds is 7. The highest BCUT2D eigenvalue weighted by Gasteiger charge is 2.09. The fourth-order valence-corrected chi connectivity index (χ4v) is 1.36. The van der Waals surface area contributed by atoms with Crippen molar-refractivity contribution in [2.45, 2.75) is 13.8 Å². The van der Waals surface area contributed by atoms with E-state index in [0.29, 0.717) is 11.5 Å². The van der Waals surface area contributed by atoms with E-state index in [2.05, 4.69) is 16.9 Å². The standard InChI is InChI=1S/C14H22N4/c1-6-9-10-12(7-2)18(5)13(11-15)14(16-4)17-8-3/h6-11,15-16H,2H2,1,3-5H3/b9-6-,12-10+,14-13+,15-11?,17-8-. The summed E-state index contributed by atoms with van der Waals surface area (Å²) in [4.78, 5) is 6.06. The van der Waals surface area contributed by atoms with Crippen LogP contribution >= 0.6 is 0 Å². The molecular formula is C14H22N4. The van der Waals surface area contributed by atoms with Gasteiger partial charge in [0.25, 0.3) is 0 Å². The summed E-state index contributed by atoms with van der Waals surface area (Å²) in [6.07, 6.45) is 10.5. The molecule has 0 saturated heterocycles. The molecule has 98 valence electrons. The third kappa shape index (κ3) is 4.41. The van der Waals surface area contributed by atoms with Gasteiger partial charge >= 0.3 is 0 Å². The van der Waals surface area contributed by atoms with E-state index in [1.54, 1.807) is 19.3 Å². The summed E-state index contributed by atoms with van der Waals surface area (Å²) in [5.74, 6) is 0.642. The molecule has 0 unspecified atom stereocenters. The van der Waals surface area contributed by atoms with Crippen LogP contribution in [-0.4, -0.2) is 31.4 Å². The first kappa shape index (κ1) is 15.9. The molecule has 0 bridgehead atoms. The molecule has 0 spiro atoms. The number of nitrogens with one attached hydrogen (secondary N) is 2. The maximum atomic E-state index is 7.53. The Labute approximate surface area is 110 Å². The average molecular weight is 246 g/mol. The van der Waals surface area contributed by atoms with Crippen molar-refractivity contribution in [2.24, 2.45) is 4.99 Å². The summed E-state index contributed by atoms with van der Waals surface area (Å²) in [6.45, 7) is 7.57. The van der Waals surface area contributed by atoms with Crippen molar-refractivity contribution >= 4 is 12.4 Å². The summed E-state index contributed by atoms with van der Waals surface area (Å²) >= 11 is 0. The summed E-state index contributed by atoms with van der Waals surface area (Å²) in [5.41, 5.74) is 1.57. The van der Waals surface area contributed by atoms with Crippen LogP contribution in [0.2, 0.25) is 0 Å². The van der Waals surface area contributed by atoms with E-state index < -0.39 is 0 Å². The molecule has 0 aromatic rings. The Kier molecular flexibility index (Phi) is 7.94. The molecule has 2 N–H and O–H groups in total. The number of hydrogen-bond acceptors (Lipinski definition) is 4. The zero-order chi connectivity index (χ0) is 14.0. The van der Waals surface area contributed by atoms with Crippen LogP contribution in [0.25, 0.3) is 0 Å². The Morgan fingerprint density at radius 2 is 2.06 bits per heavy atom. The second kappa shape index (κ2) is 8.98. The molecule has 0 fully saturated rings. The normalized spacial score (nSPS) is 13.7. The lowest BCUT2D eigenvalue weighted by Gasteiger charge is -2.22. The zero-order valence-electron chi connectivity index (χ0n) is 11.6. The molecule has 0 amide bonds. The van der Waals surface area contributed by atoms with Crippen molar-refractivity contribution in [1.29, 1.82) is 5.41 Å². The fourth-order valence-electron chi connectivity index (χ4n) is 1.36. The van der Waals surface area contributed by atoms with Gasteiger partial charge in [0, 0.05) is 32.2 Å². The molecule has 0 heterocycles. The van der Waals surface area contributed by atoms with Gasteiger partial charge in [-0.2, -0.15) is 0 Å². The molecule has 0 atom stereocenters. The van der Waals surface area contributed by atoms with Gasteiger partial charge < -0.3 is 15.6 Å². The molecule has 4 nitrogen and oxygen atoms in total. The van der Waals surface area contributed by atoms with E-state index in [-0.39, 0.29) is 0 Å². The topological polar surface area (TPSA) is 51.5 Å². The average Bonchev–Trinajstić information content (AvgIpc) is 2.39. The molecule has 0 aromatic carbocycles. The van der Waals surface area contributed by atoms with Gasteiger partial charge in [0.15, 0.2) is 5.82 Å². The van der Waals surface area contributed by atoms with Gasteiger partial charge in [0.1, 0.15) is 5.70 Å². The minimum absolute atomic E-state index is 0.642. The summed E-state index contributed by atoms with van der Waals surface area (Å²) in [6, 6.07) is 0. The van der Waals surface area contributed by atoms with Crippen LogP contribution in [0.1, 0.15) is 13.8 Å². The largest absolute Gasteiger partial charge is 0.371 e. The molecular weight excluding hydrogens is 224 g/mol. The lowest BCUT2D eigenvalue weighted by Crippen LogP contribution is -2.22. The van der Waals surface area contributed by atoms with Crippen LogP contribution in [0.4, 0.5) is 0 Å². The van der Waals surface area contributed by atoms with Crippen LogP contribution in [0, 0.1) is 5.41 Å². The van der Waals surface area contributed by atoms with E-state index >= 15 is 0 Å². The maximum Gasteiger partial charge on any atom is 0.150 e. The number of likely N-dealkylation sites (N-methyl/N-ethyl adjacent to an activating group) is 1. The van der Waals surface area contributed by atoms with Gasteiger partial charge in [-0.3, -0.25) is 0 Å². The number of nitrogens with zero attached hydrogens (tertiary/aromatic N) is 2. The Balaban J connectivity index is 5.53. The van der Waals surface area contributed by atoms with E-state index in [1.807, 2.05) is 44.0 Å². The molecule has 0 saturated carbocycles. The Morgan fingerprint density at radius 1 is 1.39 bits per heavy atom. The van der Waals surface area contributed by atoms with Gasteiger partial charge in [0.05, 0.1) is 0 Å². The molecule has 0 rings (SSSR count). The van der Waals surface area contributed by atoms with E-state index in [4.69, 9.17) is 5.41 Å². The Bertz CT molecular complexity index is 400. The molecule has 4 heteroatoms. The van der Waals surface area contributed by atoms with Crippen molar-refractivity contribution in [3.8, 4) is 0 Å². The first-order valence-corrected chi connectivity index (χ1v) is 5.76. The monoisotopic (exact) mass is 246 g/mol.